The lowest BCUT2D eigenvalue weighted by Gasteiger charge is -2.19. The minimum absolute atomic E-state index is 0.778. The van der Waals surface area contributed by atoms with Crippen molar-refractivity contribution < 1.29 is 4.74 Å². The Labute approximate surface area is 107 Å². The third-order valence-electron chi connectivity index (χ3n) is 2.80. The number of hydrogen-bond acceptors (Lipinski definition) is 2. The summed E-state index contributed by atoms with van der Waals surface area (Å²) in [7, 11) is 1.74. The minimum atomic E-state index is 0.778. The van der Waals surface area contributed by atoms with Crippen molar-refractivity contribution in [2.75, 3.05) is 33.4 Å². The van der Waals surface area contributed by atoms with Gasteiger partial charge in [-0.05, 0) is 25.5 Å². The maximum absolute atomic E-state index is 5.09. The molecule has 0 heterocycles. The van der Waals surface area contributed by atoms with Crippen LogP contribution in [0, 0.1) is 0 Å². The fourth-order valence-electron chi connectivity index (χ4n) is 1.55. The monoisotopic (exact) mass is 237 g/mol. The normalized spacial score (nSPS) is 12.6. The van der Waals surface area contributed by atoms with Crippen LogP contribution in [0.4, 0.5) is 0 Å². The van der Waals surface area contributed by atoms with E-state index in [4.69, 9.17) is 4.74 Å². The van der Waals surface area contributed by atoms with E-state index in [-0.39, 0.29) is 0 Å². The lowest BCUT2D eigenvalue weighted by molar-refractivity contribution is 0.156. The van der Waals surface area contributed by atoms with E-state index in [0.29, 0.717) is 0 Å². The summed E-state index contributed by atoms with van der Waals surface area (Å²) >= 11 is 0. The van der Waals surface area contributed by atoms with Crippen LogP contribution >= 0.6 is 0 Å². The molecule has 0 aliphatic heterocycles. The van der Waals surface area contributed by atoms with E-state index < -0.39 is 0 Å². The maximum atomic E-state index is 5.09. The summed E-state index contributed by atoms with van der Waals surface area (Å²) in [6, 6.07) is 0. The lowest BCUT2D eigenvalue weighted by atomic mass is 10.1. The minimum Gasteiger partial charge on any atom is -0.383 e. The molecule has 0 radical (unpaired) electrons. The third kappa shape index (κ3) is 7.94. The second-order valence-corrected chi connectivity index (χ2v) is 4.07. The van der Waals surface area contributed by atoms with Gasteiger partial charge in [0, 0.05) is 20.2 Å². The molecule has 0 aromatic rings. The zero-order chi connectivity index (χ0) is 13.1. The number of methoxy groups -OCH3 is 1. The van der Waals surface area contributed by atoms with Crippen LogP contribution in [-0.2, 0) is 4.74 Å². The van der Waals surface area contributed by atoms with Gasteiger partial charge in [0.1, 0.15) is 0 Å². The summed E-state index contributed by atoms with van der Waals surface area (Å²) in [6.45, 7) is 14.2. The van der Waals surface area contributed by atoms with Gasteiger partial charge < -0.3 is 4.74 Å². The van der Waals surface area contributed by atoms with Crippen molar-refractivity contribution >= 4 is 0 Å². The lowest BCUT2D eigenvalue weighted by Crippen LogP contribution is -2.28. The fraction of sp³-hybridized carbons (Fsp3) is 0.600. The molecule has 0 aliphatic carbocycles. The standard InChI is InChI=1S/C15H27NO/c1-6-15(7-2)10-9-14(4)13-16(8-3)11-12-17-5/h6,9-10H,4,7-8,11-13H2,1-3,5H3/b10-9-,15-6-. The topological polar surface area (TPSA) is 12.5 Å². The van der Waals surface area contributed by atoms with Crippen molar-refractivity contribution in [1.82, 2.24) is 4.90 Å². The second kappa shape index (κ2) is 10.3. The highest BCUT2D eigenvalue weighted by molar-refractivity contribution is 5.26. The van der Waals surface area contributed by atoms with Crippen LogP contribution < -0.4 is 0 Å². The molecule has 0 aliphatic rings. The molecule has 0 N–H and O–H groups in total. The zero-order valence-electron chi connectivity index (χ0n) is 11.8. The predicted octanol–water partition coefficient (Wildman–Crippen LogP) is 3.42. The molecule has 0 spiro atoms. The van der Waals surface area contributed by atoms with E-state index in [1.54, 1.807) is 7.11 Å². The Morgan fingerprint density at radius 1 is 1.29 bits per heavy atom. The highest BCUT2D eigenvalue weighted by Crippen LogP contribution is 2.05. The van der Waals surface area contributed by atoms with Gasteiger partial charge in [0.15, 0.2) is 0 Å². The number of allylic oxidation sites excluding steroid dienone is 3. The molecular weight excluding hydrogens is 210 g/mol. The van der Waals surface area contributed by atoms with E-state index in [0.717, 1.165) is 38.2 Å². The molecule has 0 atom stereocenters. The summed E-state index contributed by atoms with van der Waals surface area (Å²) in [5, 5.41) is 0. The molecule has 0 saturated carbocycles. The van der Waals surface area contributed by atoms with Gasteiger partial charge in [0.25, 0.3) is 0 Å². The van der Waals surface area contributed by atoms with Gasteiger partial charge in [-0.25, -0.2) is 0 Å². The molecule has 0 rings (SSSR count). The summed E-state index contributed by atoms with van der Waals surface area (Å²) in [6.07, 6.45) is 7.49. The number of nitrogens with zero attached hydrogens (tertiary/aromatic N) is 1. The van der Waals surface area contributed by atoms with Gasteiger partial charge in [-0.15, -0.1) is 0 Å². The molecule has 0 aromatic carbocycles. The van der Waals surface area contributed by atoms with Crippen LogP contribution in [0.15, 0.2) is 36.0 Å². The molecule has 0 fully saturated rings. The molecule has 2 heteroatoms. The van der Waals surface area contributed by atoms with Crippen molar-refractivity contribution in [3.05, 3.63) is 36.0 Å². The largest absolute Gasteiger partial charge is 0.383 e. The smallest absolute Gasteiger partial charge is 0.0589 e. The molecule has 98 valence electrons. The van der Waals surface area contributed by atoms with Crippen molar-refractivity contribution in [2.24, 2.45) is 0 Å². The van der Waals surface area contributed by atoms with Gasteiger partial charge in [-0.2, -0.15) is 0 Å². The fourth-order valence-corrected chi connectivity index (χ4v) is 1.55. The van der Waals surface area contributed by atoms with E-state index in [9.17, 15) is 0 Å². The summed E-state index contributed by atoms with van der Waals surface area (Å²) in [5.74, 6) is 0. The SMILES string of the molecule is C=C(/C=C\C(=C/C)CC)CN(CC)CCOC. The second-order valence-electron chi connectivity index (χ2n) is 4.07. The van der Waals surface area contributed by atoms with Crippen LogP contribution in [0.2, 0.25) is 0 Å². The Morgan fingerprint density at radius 3 is 2.47 bits per heavy atom. The van der Waals surface area contributed by atoms with Gasteiger partial charge in [-0.3, -0.25) is 4.90 Å². The molecule has 0 unspecified atom stereocenters. The number of hydrogen-bond donors (Lipinski definition) is 0. The Balaban J connectivity index is 4.14. The van der Waals surface area contributed by atoms with Crippen molar-refractivity contribution in [3.63, 3.8) is 0 Å². The first-order chi connectivity index (χ1) is 8.17. The molecule has 0 amide bonds. The van der Waals surface area contributed by atoms with E-state index >= 15 is 0 Å². The van der Waals surface area contributed by atoms with Gasteiger partial charge in [0.2, 0.25) is 0 Å². The average Bonchev–Trinajstić information content (AvgIpc) is 2.35. The summed E-state index contributed by atoms with van der Waals surface area (Å²) in [5.41, 5.74) is 2.50. The molecule has 17 heavy (non-hydrogen) atoms. The highest BCUT2D eigenvalue weighted by Gasteiger charge is 2.02. The molecule has 0 aromatic heterocycles. The Kier molecular flexibility index (Phi) is 9.78. The number of ether oxygens (including phenoxy) is 1. The summed E-state index contributed by atoms with van der Waals surface area (Å²) in [4.78, 5) is 2.33. The van der Waals surface area contributed by atoms with Crippen LogP contribution in [0.5, 0.6) is 0 Å². The molecule has 2 nitrogen and oxygen atoms in total. The quantitative estimate of drug-likeness (QED) is 0.570. The Bertz CT molecular complexity index is 266. The first kappa shape index (κ1) is 16.1. The van der Waals surface area contributed by atoms with Crippen LogP contribution in [0.25, 0.3) is 0 Å². The summed E-state index contributed by atoms with van der Waals surface area (Å²) < 4.78 is 5.09. The van der Waals surface area contributed by atoms with Gasteiger partial charge >= 0.3 is 0 Å². The first-order valence-corrected chi connectivity index (χ1v) is 6.40. The Morgan fingerprint density at radius 2 is 2.00 bits per heavy atom. The third-order valence-corrected chi connectivity index (χ3v) is 2.80. The van der Waals surface area contributed by atoms with Crippen LogP contribution in [-0.4, -0.2) is 38.3 Å². The van der Waals surface area contributed by atoms with Crippen LogP contribution in [0.3, 0.4) is 0 Å². The van der Waals surface area contributed by atoms with Crippen molar-refractivity contribution in [1.29, 1.82) is 0 Å². The van der Waals surface area contributed by atoms with E-state index in [2.05, 4.69) is 50.5 Å². The first-order valence-electron chi connectivity index (χ1n) is 6.40. The van der Waals surface area contributed by atoms with Crippen molar-refractivity contribution in [2.45, 2.75) is 27.2 Å². The zero-order valence-corrected chi connectivity index (χ0v) is 11.8. The molecule has 0 bridgehead atoms. The molecule has 0 saturated heterocycles. The Hall–Kier alpha value is -0.860. The van der Waals surface area contributed by atoms with E-state index in [1.165, 1.54) is 5.57 Å². The van der Waals surface area contributed by atoms with Crippen LogP contribution in [0.1, 0.15) is 27.2 Å². The molecular formula is C15H27NO. The number of rotatable bonds is 9. The average molecular weight is 237 g/mol. The number of likely N-dealkylation sites (N-methyl/N-ethyl adjacent to an activating group) is 1. The van der Waals surface area contributed by atoms with Crippen molar-refractivity contribution in [3.8, 4) is 0 Å². The maximum Gasteiger partial charge on any atom is 0.0589 e. The van der Waals surface area contributed by atoms with Gasteiger partial charge in [0.05, 0.1) is 6.61 Å². The predicted molar refractivity (Wildman–Crippen MR) is 76.3 cm³/mol. The van der Waals surface area contributed by atoms with Gasteiger partial charge in [-0.1, -0.05) is 44.2 Å². The van der Waals surface area contributed by atoms with E-state index in [1.807, 2.05) is 0 Å². The highest BCUT2D eigenvalue weighted by atomic mass is 16.5.